The van der Waals surface area contributed by atoms with Crippen molar-refractivity contribution >= 4 is 38.3 Å². The summed E-state index contributed by atoms with van der Waals surface area (Å²) in [5, 5.41) is 5.17. The van der Waals surface area contributed by atoms with E-state index in [1.54, 1.807) is 18.2 Å². The second-order valence-electron chi connectivity index (χ2n) is 8.27. The maximum absolute atomic E-state index is 12.8. The van der Waals surface area contributed by atoms with Gasteiger partial charge in [0.15, 0.2) is 0 Å². The number of amides is 1. The number of hydrogen-bond acceptors (Lipinski definition) is 6. The maximum atomic E-state index is 12.8. The van der Waals surface area contributed by atoms with Crippen LogP contribution in [0.1, 0.15) is 30.4 Å². The molecule has 9 heteroatoms. The van der Waals surface area contributed by atoms with Gasteiger partial charge in [0.25, 0.3) is 10.0 Å². The van der Waals surface area contributed by atoms with Crippen molar-refractivity contribution in [2.24, 2.45) is 5.92 Å². The van der Waals surface area contributed by atoms with Gasteiger partial charge in [0.05, 0.1) is 4.90 Å². The molecule has 34 heavy (non-hydrogen) atoms. The van der Waals surface area contributed by atoms with Crippen LogP contribution in [0.2, 0.25) is 0 Å². The Morgan fingerprint density at radius 3 is 2.56 bits per heavy atom. The molecule has 0 unspecified atom stereocenters. The third-order valence-corrected chi connectivity index (χ3v) is 7.37. The monoisotopic (exact) mass is 473 g/mol. The fourth-order valence-corrected chi connectivity index (χ4v) is 5.05. The number of pyridine rings is 1. The molecule has 2 aromatic carbocycles. The summed E-state index contributed by atoms with van der Waals surface area (Å²) in [7, 11) is -3.79. The summed E-state index contributed by atoms with van der Waals surface area (Å²) in [5.74, 6) is -0.0901. The van der Waals surface area contributed by atoms with Crippen LogP contribution in [-0.4, -0.2) is 29.3 Å². The van der Waals surface area contributed by atoms with Gasteiger partial charge in [-0.15, -0.1) is 0 Å². The molecule has 1 fully saturated rings. The van der Waals surface area contributed by atoms with Gasteiger partial charge in [-0.2, -0.15) is 0 Å². The van der Waals surface area contributed by atoms with Crippen LogP contribution in [0.15, 0.2) is 78.2 Å². The molecule has 4 aromatic rings. The van der Waals surface area contributed by atoms with Gasteiger partial charge in [0.1, 0.15) is 0 Å². The lowest BCUT2D eigenvalue weighted by molar-refractivity contribution is -0.117. The van der Waals surface area contributed by atoms with Gasteiger partial charge < -0.3 is 5.32 Å². The van der Waals surface area contributed by atoms with Crippen LogP contribution in [-0.2, 0) is 21.2 Å². The van der Waals surface area contributed by atoms with Crippen molar-refractivity contribution in [2.45, 2.75) is 30.6 Å². The molecule has 2 heterocycles. The minimum atomic E-state index is -3.79. The molecule has 0 saturated heterocycles. The highest BCUT2D eigenvalue weighted by Gasteiger charge is 2.44. The standard InChI is InChI=1S/C25H23N5O3S/c1-2-16-14-26-15-18-4-7-19(12-21(16)18)29-24(31)23-13-22(23)17-5-8-20(9-6-17)34(32,33)30-25-27-10-3-11-28-25/h3-12,14-15,22-23H,2,13H2,1H3,(H,29,31)(H,27,28,30)/t22-,23+/m0/s1. The molecule has 172 valence electrons. The second-order valence-corrected chi connectivity index (χ2v) is 9.96. The fraction of sp³-hybridized carbons (Fsp3) is 0.200. The van der Waals surface area contributed by atoms with E-state index in [0.29, 0.717) is 0 Å². The van der Waals surface area contributed by atoms with Gasteiger partial charge >= 0.3 is 0 Å². The van der Waals surface area contributed by atoms with Gasteiger partial charge in [-0.1, -0.05) is 25.1 Å². The van der Waals surface area contributed by atoms with Crippen molar-refractivity contribution in [3.63, 3.8) is 0 Å². The number of nitrogens with one attached hydrogen (secondary N) is 2. The van der Waals surface area contributed by atoms with Crippen LogP contribution in [0.4, 0.5) is 11.6 Å². The number of sulfonamides is 1. The van der Waals surface area contributed by atoms with Crippen LogP contribution in [0.3, 0.4) is 0 Å². The molecule has 0 spiro atoms. The highest BCUT2D eigenvalue weighted by molar-refractivity contribution is 7.92. The van der Waals surface area contributed by atoms with E-state index in [1.165, 1.54) is 24.5 Å². The normalized spacial score (nSPS) is 17.3. The summed E-state index contributed by atoms with van der Waals surface area (Å²) >= 11 is 0. The smallest absolute Gasteiger partial charge is 0.264 e. The Labute approximate surface area is 197 Å². The van der Waals surface area contributed by atoms with E-state index >= 15 is 0 Å². The molecule has 1 saturated carbocycles. The van der Waals surface area contributed by atoms with E-state index in [9.17, 15) is 13.2 Å². The zero-order valence-corrected chi connectivity index (χ0v) is 19.3. The van der Waals surface area contributed by atoms with Gasteiger partial charge in [-0.05, 0) is 65.6 Å². The lowest BCUT2D eigenvalue weighted by Crippen LogP contribution is -2.15. The second kappa shape index (κ2) is 8.83. The van der Waals surface area contributed by atoms with Gasteiger partial charge in [0.2, 0.25) is 11.9 Å². The molecule has 2 atom stereocenters. The average molecular weight is 474 g/mol. The maximum Gasteiger partial charge on any atom is 0.264 e. The van der Waals surface area contributed by atoms with Crippen LogP contribution in [0, 0.1) is 5.92 Å². The number of benzene rings is 2. The molecule has 1 aliphatic rings. The molecular formula is C25H23N5O3S. The fourth-order valence-electron chi connectivity index (χ4n) is 4.10. The summed E-state index contributed by atoms with van der Waals surface area (Å²) in [4.78, 5) is 25.0. The molecule has 1 amide bonds. The molecule has 2 aromatic heterocycles. The van der Waals surface area contributed by atoms with Crippen LogP contribution in [0.25, 0.3) is 10.8 Å². The van der Waals surface area contributed by atoms with E-state index in [2.05, 4.69) is 31.9 Å². The highest BCUT2D eigenvalue weighted by Crippen LogP contribution is 2.48. The van der Waals surface area contributed by atoms with Crippen molar-refractivity contribution in [3.8, 4) is 0 Å². The van der Waals surface area contributed by atoms with E-state index in [-0.39, 0.29) is 28.6 Å². The van der Waals surface area contributed by atoms with Crippen molar-refractivity contribution in [3.05, 3.63) is 84.4 Å². The number of fused-ring (bicyclic) bond motifs is 1. The molecule has 0 radical (unpaired) electrons. The minimum absolute atomic E-state index is 0.0153. The summed E-state index contributed by atoms with van der Waals surface area (Å²) in [6.45, 7) is 2.08. The van der Waals surface area contributed by atoms with Gasteiger partial charge in [-0.25, -0.2) is 23.1 Å². The number of aryl methyl sites for hydroxylation is 1. The Hall–Kier alpha value is -3.85. The Balaban J connectivity index is 1.25. The van der Waals surface area contributed by atoms with Crippen molar-refractivity contribution in [1.29, 1.82) is 0 Å². The van der Waals surface area contributed by atoms with Crippen molar-refractivity contribution in [2.75, 3.05) is 10.0 Å². The van der Waals surface area contributed by atoms with E-state index in [1.807, 2.05) is 30.6 Å². The first-order chi connectivity index (χ1) is 16.4. The number of anilines is 2. The lowest BCUT2D eigenvalue weighted by atomic mass is 10.1. The molecule has 5 rings (SSSR count). The number of aromatic nitrogens is 3. The largest absolute Gasteiger partial charge is 0.326 e. The SMILES string of the molecule is CCc1cncc2ccc(NC(=O)[C@@H]3C[C@H]3c3ccc(S(=O)(=O)Nc4ncccn4)cc3)cc12. The first-order valence-electron chi connectivity index (χ1n) is 11.0. The summed E-state index contributed by atoms with van der Waals surface area (Å²) in [6.07, 6.45) is 8.20. The van der Waals surface area contributed by atoms with E-state index < -0.39 is 10.0 Å². The predicted octanol–water partition coefficient (Wildman–Crippen LogP) is 4.13. The average Bonchev–Trinajstić information content (AvgIpc) is 3.65. The number of rotatable bonds is 7. The Bertz CT molecular complexity index is 1460. The topological polar surface area (TPSA) is 114 Å². The van der Waals surface area contributed by atoms with Crippen LogP contribution < -0.4 is 10.0 Å². The Morgan fingerprint density at radius 1 is 1.06 bits per heavy atom. The van der Waals surface area contributed by atoms with E-state index in [0.717, 1.165) is 40.4 Å². The molecule has 2 N–H and O–H groups in total. The third kappa shape index (κ3) is 4.47. The van der Waals surface area contributed by atoms with Gasteiger partial charge in [0, 0.05) is 41.8 Å². The molecule has 0 bridgehead atoms. The zero-order valence-electron chi connectivity index (χ0n) is 18.5. The quantitative estimate of drug-likeness (QED) is 0.417. The Kier molecular flexibility index (Phi) is 5.70. The lowest BCUT2D eigenvalue weighted by Gasteiger charge is -2.09. The number of nitrogens with zero attached hydrogens (tertiary/aromatic N) is 3. The first-order valence-corrected chi connectivity index (χ1v) is 12.5. The third-order valence-electron chi connectivity index (χ3n) is 6.03. The Morgan fingerprint density at radius 2 is 1.82 bits per heavy atom. The molecular weight excluding hydrogens is 450 g/mol. The van der Waals surface area contributed by atoms with E-state index in [4.69, 9.17) is 0 Å². The predicted molar refractivity (Wildman–Crippen MR) is 130 cm³/mol. The number of hydrogen-bond donors (Lipinski definition) is 2. The van der Waals surface area contributed by atoms with Crippen molar-refractivity contribution < 1.29 is 13.2 Å². The molecule has 0 aliphatic heterocycles. The highest BCUT2D eigenvalue weighted by atomic mass is 32.2. The van der Waals surface area contributed by atoms with Gasteiger partial charge in [-0.3, -0.25) is 9.78 Å². The van der Waals surface area contributed by atoms with Crippen LogP contribution >= 0.6 is 0 Å². The minimum Gasteiger partial charge on any atom is -0.326 e. The summed E-state index contributed by atoms with van der Waals surface area (Å²) < 4.78 is 27.5. The van der Waals surface area contributed by atoms with Crippen molar-refractivity contribution in [1.82, 2.24) is 15.0 Å². The number of carbonyl (C=O) groups is 1. The molecule has 1 aliphatic carbocycles. The zero-order chi connectivity index (χ0) is 23.7. The summed E-state index contributed by atoms with van der Waals surface area (Å²) in [6, 6.07) is 14.1. The first kappa shape index (κ1) is 22.0. The molecule has 8 nitrogen and oxygen atoms in total. The summed E-state index contributed by atoms with van der Waals surface area (Å²) in [5.41, 5.74) is 2.84. The number of carbonyl (C=O) groups excluding carboxylic acids is 1. The van der Waals surface area contributed by atoms with Crippen LogP contribution in [0.5, 0.6) is 0 Å².